The first kappa shape index (κ1) is 22.4. The minimum atomic E-state index is -4.63. The van der Waals surface area contributed by atoms with Gasteiger partial charge in [0.05, 0.1) is 21.6 Å². The second-order valence-corrected chi connectivity index (χ2v) is 9.52. The van der Waals surface area contributed by atoms with Gasteiger partial charge in [-0.1, -0.05) is 18.2 Å². The highest BCUT2D eigenvalue weighted by molar-refractivity contribution is 7.89. The summed E-state index contributed by atoms with van der Waals surface area (Å²) in [6, 6.07) is 10.3. The number of carbonyl (C=O) groups excluding carboxylic acids is 2. The van der Waals surface area contributed by atoms with Crippen molar-refractivity contribution in [3.05, 3.63) is 65.2 Å². The minimum absolute atomic E-state index is 0.0979. The van der Waals surface area contributed by atoms with Gasteiger partial charge in [-0.25, -0.2) is 8.42 Å². The van der Waals surface area contributed by atoms with Crippen molar-refractivity contribution in [2.24, 2.45) is 0 Å². The predicted octanol–water partition coefficient (Wildman–Crippen LogP) is 2.31. The SMILES string of the molecule is O=C1c2ccccc2C(=O)N1CCN1CCN(S(=O)(=O)c2cccc(C(F)(F)F)c2)CC1. The Labute approximate surface area is 183 Å². The Kier molecular flexibility index (Phi) is 5.82. The smallest absolute Gasteiger partial charge is 0.299 e. The standard InChI is InChI=1S/C21H20F3N3O4S/c22-21(23,24)15-4-3-5-16(14-15)32(30,31)26-11-8-25(9-12-26)10-13-27-19(28)17-6-1-2-7-18(17)20(27)29/h1-7,14H,8-13H2. The van der Waals surface area contributed by atoms with E-state index in [-0.39, 0.29) is 31.4 Å². The molecule has 0 radical (unpaired) electrons. The molecule has 2 aromatic carbocycles. The van der Waals surface area contributed by atoms with Gasteiger partial charge in [0, 0.05) is 39.3 Å². The first-order valence-electron chi connectivity index (χ1n) is 9.94. The first-order chi connectivity index (χ1) is 15.1. The fourth-order valence-electron chi connectivity index (χ4n) is 3.86. The van der Waals surface area contributed by atoms with E-state index >= 15 is 0 Å². The summed E-state index contributed by atoms with van der Waals surface area (Å²) in [7, 11) is -4.06. The van der Waals surface area contributed by atoms with Crippen LogP contribution in [-0.4, -0.2) is 73.6 Å². The average molecular weight is 467 g/mol. The number of halogens is 3. The largest absolute Gasteiger partial charge is 0.416 e. The molecule has 0 spiro atoms. The van der Waals surface area contributed by atoms with Crippen LogP contribution in [0.25, 0.3) is 0 Å². The zero-order chi connectivity index (χ0) is 23.1. The van der Waals surface area contributed by atoms with Crippen LogP contribution in [0.15, 0.2) is 53.4 Å². The van der Waals surface area contributed by atoms with Crippen LogP contribution in [0.5, 0.6) is 0 Å². The Balaban J connectivity index is 1.36. The van der Waals surface area contributed by atoms with Crippen LogP contribution in [-0.2, 0) is 16.2 Å². The van der Waals surface area contributed by atoms with Gasteiger partial charge in [0.2, 0.25) is 10.0 Å². The van der Waals surface area contributed by atoms with Crippen LogP contribution in [0.1, 0.15) is 26.3 Å². The van der Waals surface area contributed by atoms with Crippen molar-refractivity contribution in [1.29, 1.82) is 0 Å². The third-order valence-corrected chi connectivity index (χ3v) is 7.54. The summed E-state index contributed by atoms with van der Waals surface area (Å²) in [5.41, 5.74) is -0.276. The van der Waals surface area contributed by atoms with Gasteiger partial charge in [-0.05, 0) is 30.3 Å². The van der Waals surface area contributed by atoms with E-state index in [4.69, 9.17) is 0 Å². The number of hydrogen-bond acceptors (Lipinski definition) is 5. The van der Waals surface area contributed by atoms with Crippen molar-refractivity contribution in [3.63, 3.8) is 0 Å². The Hall–Kier alpha value is -2.76. The molecule has 11 heteroatoms. The fourth-order valence-corrected chi connectivity index (χ4v) is 5.33. The Bertz CT molecular complexity index is 1120. The maximum absolute atomic E-state index is 12.9. The molecule has 2 aliphatic heterocycles. The number of carbonyl (C=O) groups is 2. The molecule has 2 aromatic rings. The van der Waals surface area contributed by atoms with E-state index in [1.54, 1.807) is 24.3 Å². The number of piperazine rings is 1. The second-order valence-electron chi connectivity index (χ2n) is 7.58. The highest BCUT2D eigenvalue weighted by Crippen LogP contribution is 2.31. The quantitative estimate of drug-likeness (QED) is 0.631. The molecule has 4 rings (SSSR count). The monoisotopic (exact) mass is 467 g/mol. The zero-order valence-corrected chi connectivity index (χ0v) is 17.7. The molecule has 2 amide bonds. The maximum atomic E-state index is 12.9. The van der Waals surface area contributed by atoms with Gasteiger partial charge in [-0.3, -0.25) is 19.4 Å². The van der Waals surface area contributed by atoms with E-state index in [1.165, 1.54) is 4.90 Å². The van der Waals surface area contributed by atoms with E-state index in [0.717, 1.165) is 22.5 Å². The molecule has 1 fully saturated rings. The van der Waals surface area contributed by atoms with Crippen molar-refractivity contribution < 1.29 is 31.2 Å². The molecular formula is C21H20F3N3O4S. The third-order valence-electron chi connectivity index (χ3n) is 5.65. The summed E-state index contributed by atoms with van der Waals surface area (Å²) in [6.45, 7) is 1.42. The lowest BCUT2D eigenvalue weighted by Gasteiger charge is -2.34. The molecule has 7 nitrogen and oxygen atoms in total. The molecular weight excluding hydrogens is 447 g/mol. The summed E-state index contributed by atoms with van der Waals surface area (Å²) in [5, 5.41) is 0. The number of imide groups is 1. The molecule has 0 N–H and O–H groups in total. The van der Waals surface area contributed by atoms with E-state index < -0.39 is 26.7 Å². The van der Waals surface area contributed by atoms with Crippen LogP contribution in [0.3, 0.4) is 0 Å². The van der Waals surface area contributed by atoms with E-state index in [0.29, 0.717) is 36.8 Å². The number of hydrogen-bond donors (Lipinski definition) is 0. The van der Waals surface area contributed by atoms with Crippen molar-refractivity contribution in [2.45, 2.75) is 11.1 Å². The van der Waals surface area contributed by atoms with E-state index in [2.05, 4.69) is 0 Å². The van der Waals surface area contributed by atoms with Gasteiger partial charge in [-0.15, -0.1) is 0 Å². The number of alkyl halides is 3. The van der Waals surface area contributed by atoms with Crippen LogP contribution < -0.4 is 0 Å². The van der Waals surface area contributed by atoms with Crippen molar-refractivity contribution in [2.75, 3.05) is 39.3 Å². The lowest BCUT2D eigenvalue weighted by molar-refractivity contribution is -0.137. The molecule has 2 aliphatic rings. The number of nitrogens with zero attached hydrogens (tertiary/aromatic N) is 3. The number of rotatable bonds is 5. The molecule has 2 heterocycles. The van der Waals surface area contributed by atoms with Gasteiger partial charge < -0.3 is 0 Å². The Morgan fingerprint density at radius 2 is 1.41 bits per heavy atom. The number of amides is 2. The summed E-state index contributed by atoms with van der Waals surface area (Å²) in [6.07, 6.45) is -4.63. The van der Waals surface area contributed by atoms with Gasteiger partial charge in [0.15, 0.2) is 0 Å². The van der Waals surface area contributed by atoms with Gasteiger partial charge in [-0.2, -0.15) is 17.5 Å². The Morgan fingerprint density at radius 1 is 0.812 bits per heavy atom. The summed E-state index contributed by atoms with van der Waals surface area (Å²) in [4.78, 5) is 27.6. The average Bonchev–Trinajstić information content (AvgIpc) is 3.02. The van der Waals surface area contributed by atoms with Crippen LogP contribution in [0.2, 0.25) is 0 Å². The van der Waals surface area contributed by atoms with Crippen molar-refractivity contribution in [1.82, 2.24) is 14.1 Å². The maximum Gasteiger partial charge on any atom is 0.416 e. The lowest BCUT2D eigenvalue weighted by atomic mass is 10.1. The van der Waals surface area contributed by atoms with Crippen LogP contribution >= 0.6 is 0 Å². The molecule has 0 atom stereocenters. The fraction of sp³-hybridized carbons (Fsp3) is 0.333. The van der Waals surface area contributed by atoms with Crippen LogP contribution in [0, 0.1) is 0 Å². The van der Waals surface area contributed by atoms with Crippen LogP contribution in [0.4, 0.5) is 13.2 Å². The predicted molar refractivity (Wildman–Crippen MR) is 108 cm³/mol. The molecule has 0 saturated carbocycles. The summed E-state index contributed by atoms with van der Waals surface area (Å²) < 4.78 is 65.6. The van der Waals surface area contributed by atoms with E-state index in [9.17, 15) is 31.2 Å². The number of benzene rings is 2. The van der Waals surface area contributed by atoms with Crippen molar-refractivity contribution >= 4 is 21.8 Å². The van der Waals surface area contributed by atoms with Gasteiger partial charge >= 0.3 is 6.18 Å². The molecule has 1 saturated heterocycles. The first-order valence-corrected chi connectivity index (χ1v) is 11.4. The summed E-state index contributed by atoms with van der Waals surface area (Å²) >= 11 is 0. The zero-order valence-electron chi connectivity index (χ0n) is 16.9. The normalized spacial score (nSPS) is 18.3. The highest BCUT2D eigenvalue weighted by atomic mass is 32.2. The summed E-state index contributed by atoms with van der Waals surface area (Å²) in [5.74, 6) is -0.701. The molecule has 170 valence electrons. The molecule has 32 heavy (non-hydrogen) atoms. The number of sulfonamides is 1. The third kappa shape index (κ3) is 4.15. The van der Waals surface area contributed by atoms with Gasteiger partial charge in [0.25, 0.3) is 11.8 Å². The van der Waals surface area contributed by atoms with E-state index in [1.807, 2.05) is 4.90 Å². The Morgan fingerprint density at radius 3 is 1.97 bits per heavy atom. The van der Waals surface area contributed by atoms with Gasteiger partial charge in [0.1, 0.15) is 0 Å². The minimum Gasteiger partial charge on any atom is -0.299 e. The molecule has 0 unspecified atom stereocenters. The highest BCUT2D eigenvalue weighted by Gasteiger charge is 2.36. The van der Waals surface area contributed by atoms with Crippen molar-refractivity contribution in [3.8, 4) is 0 Å². The second kappa shape index (κ2) is 8.30. The molecule has 0 bridgehead atoms. The lowest BCUT2D eigenvalue weighted by Crippen LogP contribution is -2.50. The molecule has 0 aromatic heterocycles. The molecule has 0 aliphatic carbocycles. The number of fused-ring (bicyclic) bond motifs is 1. The topological polar surface area (TPSA) is 78.0 Å².